The summed E-state index contributed by atoms with van der Waals surface area (Å²) in [7, 11) is 0. The minimum atomic E-state index is 0.192. The molecule has 18 heavy (non-hydrogen) atoms. The zero-order valence-electron chi connectivity index (χ0n) is 10.9. The van der Waals surface area contributed by atoms with Crippen LogP contribution < -0.4 is 11.3 Å². The van der Waals surface area contributed by atoms with Crippen LogP contribution in [0.15, 0.2) is 41.0 Å². The van der Waals surface area contributed by atoms with E-state index in [9.17, 15) is 0 Å². The van der Waals surface area contributed by atoms with Crippen molar-refractivity contribution >= 4 is 0 Å². The Morgan fingerprint density at radius 2 is 1.89 bits per heavy atom. The van der Waals surface area contributed by atoms with Crippen molar-refractivity contribution in [1.82, 2.24) is 5.43 Å². The summed E-state index contributed by atoms with van der Waals surface area (Å²) >= 11 is 0. The molecule has 3 N–H and O–H groups in total. The molecular weight excluding hydrogens is 224 g/mol. The van der Waals surface area contributed by atoms with Crippen molar-refractivity contribution in [3.05, 3.63) is 59.0 Å². The van der Waals surface area contributed by atoms with Crippen molar-refractivity contribution in [3.8, 4) is 0 Å². The van der Waals surface area contributed by atoms with Crippen LogP contribution in [0.3, 0.4) is 0 Å². The lowest BCUT2D eigenvalue weighted by Crippen LogP contribution is -2.38. The van der Waals surface area contributed by atoms with Crippen LogP contribution in [0.25, 0.3) is 0 Å². The number of aryl methyl sites for hydroxylation is 2. The van der Waals surface area contributed by atoms with Crippen LogP contribution >= 0.6 is 0 Å². The molecule has 0 aliphatic rings. The SMILES string of the molecule is Cc1cc(C)cc(CC(Cc2ccco2)NN)c1. The van der Waals surface area contributed by atoms with Crippen LogP contribution in [0.4, 0.5) is 0 Å². The fraction of sp³-hybridized carbons (Fsp3) is 0.333. The molecule has 3 nitrogen and oxygen atoms in total. The van der Waals surface area contributed by atoms with Gasteiger partial charge in [0.2, 0.25) is 0 Å². The van der Waals surface area contributed by atoms with Gasteiger partial charge in [-0.2, -0.15) is 0 Å². The third-order valence-corrected chi connectivity index (χ3v) is 3.03. The average molecular weight is 244 g/mol. The van der Waals surface area contributed by atoms with Crippen molar-refractivity contribution in [3.63, 3.8) is 0 Å². The second kappa shape index (κ2) is 5.85. The Kier molecular flexibility index (Phi) is 4.18. The first-order chi connectivity index (χ1) is 8.67. The Hall–Kier alpha value is -1.58. The number of benzene rings is 1. The second-order valence-electron chi connectivity index (χ2n) is 4.85. The number of hydrogen-bond donors (Lipinski definition) is 2. The number of hydrogen-bond acceptors (Lipinski definition) is 3. The van der Waals surface area contributed by atoms with Crippen molar-refractivity contribution in [1.29, 1.82) is 0 Å². The van der Waals surface area contributed by atoms with Gasteiger partial charge in [0.05, 0.1) is 6.26 Å². The highest BCUT2D eigenvalue weighted by atomic mass is 16.3. The molecule has 1 heterocycles. The summed E-state index contributed by atoms with van der Waals surface area (Å²) in [5.41, 5.74) is 6.76. The monoisotopic (exact) mass is 244 g/mol. The molecule has 2 aromatic rings. The number of nitrogens with two attached hydrogens (primary N) is 1. The molecule has 0 saturated carbocycles. The molecule has 1 aromatic carbocycles. The Labute approximate surface area is 108 Å². The lowest BCUT2D eigenvalue weighted by atomic mass is 9.99. The maximum atomic E-state index is 5.62. The summed E-state index contributed by atoms with van der Waals surface area (Å²) in [6.45, 7) is 4.24. The average Bonchev–Trinajstić information content (AvgIpc) is 2.79. The van der Waals surface area contributed by atoms with Crippen LogP contribution in [0, 0.1) is 13.8 Å². The highest BCUT2D eigenvalue weighted by Crippen LogP contribution is 2.13. The smallest absolute Gasteiger partial charge is 0.105 e. The molecule has 0 amide bonds. The third kappa shape index (κ3) is 3.45. The highest BCUT2D eigenvalue weighted by molar-refractivity contribution is 5.29. The third-order valence-electron chi connectivity index (χ3n) is 3.03. The van der Waals surface area contributed by atoms with Gasteiger partial charge in [-0.1, -0.05) is 29.3 Å². The van der Waals surface area contributed by atoms with Gasteiger partial charge < -0.3 is 4.42 Å². The lowest BCUT2D eigenvalue weighted by Gasteiger charge is -2.15. The van der Waals surface area contributed by atoms with Gasteiger partial charge in [-0.05, 0) is 38.0 Å². The topological polar surface area (TPSA) is 51.2 Å². The molecule has 0 saturated heterocycles. The zero-order valence-corrected chi connectivity index (χ0v) is 10.9. The summed E-state index contributed by atoms with van der Waals surface area (Å²) < 4.78 is 5.36. The largest absolute Gasteiger partial charge is 0.469 e. The number of nitrogens with one attached hydrogen (secondary N) is 1. The van der Waals surface area contributed by atoms with Gasteiger partial charge in [0.15, 0.2) is 0 Å². The lowest BCUT2D eigenvalue weighted by molar-refractivity contribution is 0.444. The van der Waals surface area contributed by atoms with Crippen LogP contribution in [-0.4, -0.2) is 6.04 Å². The van der Waals surface area contributed by atoms with Gasteiger partial charge in [0, 0.05) is 12.5 Å². The summed E-state index contributed by atoms with van der Waals surface area (Å²) in [5.74, 6) is 6.58. The summed E-state index contributed by atoms with van der Waals surface area (Å²) in [4.78, 5) is 0. The molecule has 96 valence electrons. The van der Waals surface area contributed by atoms with E-state index in [1.807, 2.05) is 12.1 Å². The first-order valence-electron chi connectivity index (χ1n) is 6.23. The Morgan fingerprint density at radius 1 is 1.17 bits per heavy atom. The molecule has 1 unspecified atom stereocenters. The fourth-order valence-electron chi connectivity index (χ4n) is 2.33. The van der Waals surface area contributed by atoms with Crippen LogP contribution in [0.2, 0.25) is 0 Å². The number of furan rings is 1. The molecular formula is C15H20N2O. The minimum Gasteiger partial charge on any atom is -0.469 e. The molecule has 0 bridgehead atoms. The van der Waals surface area contributed by atoms with Crippen molar-refractivity contribution in [2.75, 3.05) is 0 Å². The molecule has 2 rings (SSSR count). The second-order valence-corrected chi connectivity index (χ2v) is 4.85. The predicted molar refractivity (Wildman–Crippen MR) is 73.1 cm³/mol. The standard InChI is InChI=1S/C15H20N2O/c1-11-6-12(2)8-13(7-11)9-14(17-16)10-15-4-3-5-18-15/h3-8,14,17H,9-10,16H2,1-2H3. The zero-order chi connectivity index (χ0) is 13.0. The van der Waals surface area contributed by atoms with Gasteiger partial charge >= 0.3 is 0 Å². The molecule has 0 aliphatic heterocycles. The van der Waals surface area contributed by atoms with Crippen molar-refractivity contribution in [2.24, 2.45) is 5.84 Å². The molecule has 3 heteroatoms. The van der Waals surface area contributed by atoms with Crippen molar-refractivity contribution < 1.29 is 4.42 Å². The molecule has 1 aromatic heterocycles. The fourth-order valence-corrected chi connectivity index (χ4v) is 2.33. The summed E-state index contributed by atoms with van der Waals surface area (Å²) in [5, 5.41) is 0. The quantitative estimate of drug-likeness (QED) is 0.627. The maximum Gasteiger partial charge on any atom is 0.105 e. The molecule has 0 aliphatic carbocycles. The minimum absolute atomic E-state index is 0.192. The van der Waals surface area contributed by atoms with E-state index in [1.165, 1.54) is 16.7 Å². The van der Waals surface area contributed by atoms with Gasteiger partial charge in [0.1, 0.15) is 5.76 Å². The van der Waals surface area contributed by atoms with Crippen molar-refractivity contribution in [2.45, 2.75) is 32.7 Å². The normalized spacial score (nSPS) is 12.6. The van der Waals surface area contributed by atoms with Crippen LogP contribution in [0.5, 0.6) is 0 Å². The Bertz CT molecular complexity index is 471. The molecule has 0 radical (unpaired) electrons. The van der Waals surface area contributed by atoms with E-state index in [0.717, 1.165) is 18.6 Å². The Morgan fingerprint density at radius 3 is 2.44 bits per heavy atom. The number of hydrazine groups is 1. The molecule has 0 spiro atoms. The van der Waals surface area contributed by atoms with Gasteiger partial charge in [-0.15, -0.1) is 0 Å². The van der Waals surface area contributed by atoms with E-state index in [1.54, 1.807) is 6.26 Å². The highest BCUT2D eigenvalue weighted by Gasteiger charge is 2.11. The first-order valence-corrected chi connectivity index (χ1v) is 6.23. The Balaban J connectivity index is 2.05. The van der Waals surface area contributed by atoms with E-state index >= 15 is 0 Å². The van der Waals surface area contributed by atoms with E-state index < -0.39 is 0 Å². The van der Waals surface area contributed by atoms with E-state index in [2.05, 4.69) is 37.5 Å². The van der Waals surface area contributed by atoms with Crippen LogP contribution in [0.1, 0.15) is 22.5 Å². The van der Waals surface area contributed by atoms with Gasteiger partial charge in [0.25, 0.3) is 0 Å². The van der Waals surface area contributed by atoms with E-state index in [0.29, 0.717) is 0 Å². The van der Waals surface area contributed by atoms with Crippen LogP contribution in [-0.2, 0) is 12.8 Å². The van der Waals surface area contributed by atoms with Gasteiger partial charge in [-0.3, -0.25) is 11.3 Å². The predicted octanol–water partition coefficient (Wildman–Crippen LogP) is 2.51. The molecule has 0 fully saturated rings. The van der Waals surface area contributed by atoms with E-state index in [4.69, 9.17) is 10.3 Å². The maximum absolute atomic E-state index is 5.62. The first kappa shape index (κ1) is 12.9. The van der Waals surface area contributed by atoms with E-state index in [-0.39, 0.29) is 6.04 Å². The molecule has 1 atom stereocenters. The summed E-state index contributed by atoms with van der Waals surface area (Å²) in [6, 6.07) is 10.7. The number of rotatable bonds is 5. The van der Waals surface area contributed by atoms with Gasteiger partial charge in [-0.25, -0.2) is 0 Å². The summed E-state index contributed by atoms with van der Waals surface area (Å²) in [6.07, 6.45) is 3.40.